The molecule has 0 bridgehead atoms. The third-order valence-corrected chi connectivity index (χ3v) is 6.05. The van der Waals surface area contributed by atoms with E-state index >= 15 is 0 Å². The number of nitrogens with zero attached hydrogens (tertiary/aromatic N) is 1. The molecule has 3 rings (SSSR count). The maximum absolute atomic E-state index is 13.3. The second-order valence-electron chi connectivity index (χ2n) is 7.06. The SMILES string of the molecule is Cc1ccccc1/C=C(\CSc1ccccc1)C(=O)N1CCC[C@@H](C(=O)O)C1. The molecular formula is C23H25NO3S. The number of carboxylic acids is 1. The summed E-state index contributed by atoms with van der Waals surface area (Å²) in [5.41, 5.74) is 2.83. The Bertz CT molecular complexity index is 863. The fourth-order valence-corrected chi connectivity index (χ4v) is 4.22. The van der Waals surface area contributed by atoms with Crippen LogP contribution < -0.4 is 0 Å². The minimum absolute atomic E-state index is 0.0577. The quantitative estimate of drug-likeness (QED) is 0.578. The van der Waals surface area contributed by atoms with Gasteiger partial charge in [0.2, 0.25) is 0 Å². The Balaban J connectivity index is 1.83. The van der Waals surface area contributed by atoms with Gasteiger partial charge < -0.3 is 10.0 Å². The van der Waals surface area contributed by atoms with Crippen molar-refractivity contribution >= 4 is 29.7 Å². The number of hydrogen-bond acceptors (Lipinski definition) is 3. The third-order valence-electron chi connectivity index (χ3n) is 4.99. The molecule has 1 fully saturated rings. The van der Waals surface area contributed by atoms with Gasteiger partial charge in [0.15, 0.2) is 0 Å². The summed E-state index contributed by atoms with van der Waals surface area (Å²) in [6, 6.07) is 18.0. The highest BCUT2D eigenvalue weighted by Crippen LogP contribution is 2.25. The first-order valence-electron chi connectivity index (χ1n) is 9.50. The lowest BCUT2D eigenvalue weighted by atomic mass is 9.97. The molecule has 0 spiro atoms. The molecule has 1 aliphatic rings. The van der Waals surface area contributed by atoms with Crippen LogP contribution in [0.15, 0.2) is 65.1 Å². The number of hydrogen-bond donors (Lipinski definition) is 1. The van der Waals surface area contributed by atoms with Gasteiger partial charge in [-0.15, -0.1) is 11.8 Å². The number of carbonyl (C=O) groups excluding carboxylic acids is 1. The maximum atomic E-state index is 13.3. The standard InChI is InChI=1S/C23H25NO3S/c1-17-8-5-6-9-18(17)14-20(16-28-21-11-3-2-4-12-21)22(25)24-13-7-10-19(15-24)23(26)27/h2-6,8-9,11-12,14,19H,7,10,13,15-16H2,1H3,(H,26,27)/b20-14+/t19-/m1/s1. The number of amides is 1. The minimum atomic E-state index is -0.819. The van der Waals surface area contributed by atoms with Gasteiger partial charge in [-0.1, -0.05) is 42.5 Å². The van der Waals surface area contributed by atoms with E-state index in [-0.39, 0.29) is 12.5 Å². The lowest BCUT2D eigenvalue weighted by molar-refractivity contribution is -0.145. The Morgan fingerprint density at radius 2 is 1.86 bits per heavy atom. The number of piperidine rings is 1. The van der Waals surface area contributed by atoms with Gasteiger partial charge in [0.25, 0.3) is 5.91 Å². The molecule has 0 aromatic heterocycles. The predicted octanol–water partition coefficient (Wildman–Crippen LogP) is 4.49. The number of benzene rings is 2. The van der Waals surface area contributed by atoms with E-state index in [4.69, 9.17) is 0 Å². The molecule has 28 heavy (non-hydrogen) atoms. The first-order chi connectivity index (χ1) is 13.5. The summed E-state index contributed by atoms with van der Waals surface area (Å²) in [5, 5.41) is 9.34. The molecule has 0 radical (unpaired) electrons. The fraction of sp³-hybridized carbons (Fsp3) is 0.304. The molecule has 0 saturated carbocycles. The van der Waals surface area contributed by atoms with Crippen LogP contribution in [-0.2, 0) is 9.59 Å². The molecule has 1 aliphatic heterocycles. The second kappa shape index (κ2) is 9.60. The number of likely N-dealkylation sites (tertiary alicyclic amines) is 1. The summed E-state index contributed by atoms with van der Waals surface area (Å²) in [5.74, 6) is -0.803. The lowest BCUT2D eigenvalue weighted by Gasteiger charge is -2.31. The highest BCUT2D eigenvalue weighted by molar-refractivity contribution is 7.99. The van der Waals surface area contributed by atoms with Crippen LogP contribution in [-0.4, -0.2) is 40.7 Å². The van der Waals surface area contributed by atoms with Crippen molar-refractivity contribution < 1.29 is 14.7 Å². The first-order valence-corrected chi connectivity index (χ1v) is 10.5. The first kappa shape index (κ1) is 20.2. The molecule has 5 heteroatoms. The summed E-state index contributed by atoms with van der Waals surface area (Å²) >= 11 is 1.62. The van der Waals surface area contributed by atoms with E-state index in [0.717, 1.165) is 22.4 Å². The zero-order valence-electron chi connectivity index (χ0n) is 16.0. The molecule has 1 heterocycles. The van der Waals surface area contributed by atoms with E-state index < -0.39 is 11.9 Å². The van der Waals surface area contributed by atoms with Crippen molar-refractivity contribution in [2.24, 2.45) is 5.92 Å². The van der Waals surface area contributed by atoms with Gasteiger partial charge in [-0.25, -0.2) is 0 Å². The Labute approximate surface area is 170 Å². The van der Waals surface area contributed by atoms with Gasteiger partial charge in [-0.2, -0.15) is 0 Å². The summed E-state index contributed by atoms with van der Waals surface area (Å²) < 4.78 is 0. The number of aliphatic carboxylic acids is 1. The van der Waals surface area contributed by atoms with Crippen LogP contribution in [0.2, 0.25) is 0 Å². The zero-order valence-corrected chi connectivity index (χ0v) is 16.8. The van der Waals surface area contributed by atoms with Crippen molar-refractivity contribution in [3.05, 3.63) is 71.3 Å². The van der Waals surface area contributed by atoms with E-state index in [1.807, 2.05) is 67.6 Å². The summed E-state index contributed by atoms with van der Waals surface area (Å²) in [6.07, 6.45) is 3.32. The van der Waals surface area contributed by atoms with Crippen molar-refractivity contribution in [3.8, 4) is 0 Å². The second-order valence-corrected chi connectivity index (χ2v) is 8.11. The molecule has 1 saturated heterocycles. The van der Waals surface area contributed by atoms with Gasteiger partial charge in [-0.3, -0.25) is 9.59 Å². The lowest BCUT2D eigenvalue weighted by Crippen LogP contribution is -2.43. The normalized spacial score (nSPS) is 17.4. The minimum Gasteiger partial charge on any atom is -0.481 e. The van der Waals surface area contributed by atoms with Crippen LogP contribution in [0.1, 0.15) is 24.0 Å². The van der Waals surface area contributed by atoms with E-state index in [0.29, 0.717) is 24.3 Å². The van der Waals surface area contributed by atoms with Crippen LogP contribution in [0, 0.1) is 12.8 Å². The van der Waals surface area contributed by atoms with Gasteiger partial charge in [0.05, 0.1) is 5.92 Å². The third kappa shape index (κ3) is 5.26. The molecule has 146 valence electrons. The highest BCUT2D eigenvalue weighted by Gasteiger charge is 2.29. The van der Waals surface area contributed by atoms with Crippen LogP contribution in [0.4, 0.5) is 0 Å². The van der Waals surface area contributed by atoms with E-state index in [1.54, 1.807) is 16.7 Å². The molecular weight excluding hydrogens is 370 g/mol. The molecule has 2 aromatic rings. The van der Waals surface area contributed by atoms with Crippen LogP contribution in [0.5, 0.6) is 0 Å². The number of carbonyl (C=O) groups is 2. The highest BCUT2D eigenvalue weighted by atomic mass is 32.2. The van der Waals surface area contributed by atoms with E-state index in [1.165, 1.54) is 0 Å². The Hall–Kier alpha value is -2.53. The number of rotatable bonds is 6. The average Bonchev–Trinajstić information content (AvgIpc) is 2.72. The molecule has 2 aromatic carbocycles. The van der Waals surface area contributed by atoms with Crippen molar-refractivity contribution in [2.75, 3.05) is 18.8 Å². The van der Waals surface area contributed by atoms with Crippen LogP contribution >= 0.6 is 11.8 Å². The number of aryl methyl sites for hydroxylation is 1. The van der Waals surface area contributed by atoms with Crippen molar-refractivity contribution in [1.29, 1.82) is 0 Å². The van der Waals surface area contributed by atoms with E-state index in [2.05, 4.69) is 0 Å². The molecule has 0 unspecified atom stereocenters. The Morgan fingerprint density at radius 1 is 1.14 bits per heavy atom. The van der Waals surface area contributed by atoms with E-state index in [9.17, 15) is 14.7 Å². The van der Waals surface area contributed by atoms with Gasteiger partial charge in [0.1, 0.15) is 0 Å². The number of carboxylic acid groups (broad SMARTS) is 1. The predicted molar refractivity (Wildman–Crippen MR) is 113 cm³/mol. The van der Waals surface area contributed by atoms with Crippen molar-refractivity contribution in [2.45, 2.75) is 24.7 Å². The largest absolute Gasteiger partial charge is 0.481 e. The van der Waals surface area contributed by atoms with Crippen LogP contribution in [0.3, 0.4) is 0 Å². The average molecular weight is 396 g/mol. The zero-order chi connectivity index (χ0) is 19.9. The molecule has 1 atom stereocenters. The van der Waals surface area contributed by atoms with Gasteiger partial charge >= 0.3 is 5.97 Å². The van der Waals surface area contributed by atoms with Gasteiger partial charge in [-0.05, 0) is 49.1 Å². The molecule has 1 N–H and O–H groups in total. The van der Waals surface area contributed by atoms with Crippen LogP contribution in [0.25, 0.3) is 6.08 Å². The fourth-order valence-electron chi connectivity index (χ4n) is 3.35. The topological polar surface area (TPSA) is 57.6 Å². The number of thioether (sulfide) groups is 1. The van der Waals surface area contributed by atoms with Crippen molar-refractivity contribution in [3.63, 3.8) is 0 Å². The monoisotopic (exact) mass is 395 g/mol. The molecule has 1 amide bonds. The maximum Gasteiger partial charge on any atom is 0.308 e. The van der Waals surface area contributed by atoms with Gasteiger partial charge in [0, 0.05) is 29.3 Å². The molecule has 0 aliphatic carbocycles. The smallest absolute Gasteiger partial charge is 0.308 e. The Kier molecular flexibility index (Phi) is 6.93. The summed E-state index contributed by atoms with van der Waals surface area (Å²) in [7, 11) is 0. The summed E-state index contributed by atoms with van der Waals surface area (Å²) in [4.78, 5) is 27.4. The van der Waals surface area contributed by atoms with Crippen molar-refractivity contribution in [1.82, 2.24) is 4.90 Å². The molecule has 4 nitrogen and oxygen atoms in total. The summed E-state index contributed by atoms with van der Waals surface area (Å²) in [6.45, 7) is 2.93. The Morgan fingerprint density at radius 3 is 2.57 bits per heavy atom.